The Morgan fingerprint density at radius 1 is 1.59 bits per heavy atom. The second-order valence-electron chi connectivity index (χ2n) is 4.69. The topological polar surface area (TPSA) is 66.4 Å². The Bertz CT molecular complexity index is 569. The van der Waals surface area contributed by atoms with Gasteiger partial charge in [-0.2, -0.15) is 0 Å². The molecular weight excluding hydrogens is 286 g/mol. The van der Waals surface area contributed by atoms with E-state index in [9.17, 15) is 9.59 Å². The van der Waals surface area contributed by atoms with Crippen molar-refractivity contribution in [3.05, 3.63) is 27.7 Å². The number of carboxylic acids is 1. The van der Waals surface area contributed by atoms with Gasteiger partial charge < -0.3 is 10.4 Å². The van der Waals surface area contributed by atoms with Crippen molar-refractivity contribution < 1.29 is 14.7 Å². The zero-order chi connectivity index (χ0) is 12.4. The zero-order valence-corrected chi connectivity index (χ0v) is 10.7. The number of benzene rings is 1. The molecule has 1 aromatic carbocycles. The molecule has 1 heterocycles. The molecule has 5 heteroatoms. The molecule has 1 saturated carbocycles. The molecule has 0 aromatic heterocycles. The molecule has 1 aliphatic carbocycles. The van der Waals surface area contributed by atoms with Crippen molar-refractivity contribution in [1.29, 1.82) is 0 Å². The largest absolute Gasteiger partial charge is 0.481 e. The van der Waals surface area contributed by atoms with Crippen LogP contribution in [0.15, 0.2) is 16.6 Å². The maximum atomic E-state index is 12.0. The third-order valence-electron chi connectivity index (χ3n) is 3.62. The van der Waals surface area contributed by atoms with Crippen molar-refractivity contribution in [2.24, 2.45) is 5.92 Å². The van der Waals surface area contributed by atoms with E-state index in [1.165, 1.54) is 0 Å². The number of halogens is 1. The number of carbonyl (C=O) groups is 2. The summed E-state index contributed by atoms with van der Waals surface area (Å²) in [4.78, 5) is 23.1. The number of anilines is 1. The highest BCUT2D eigenvalue weighted by molar-refractivity contribution is 9.10. The monoisotopic (exact) mass is 295 g/mol. The Labute approximate surface area is 106 Å². The van der Waals surface area contributed by atoms with Crippen molar-refractivity contribution in [2.45, 2.75) is 18.8 Å². The number of fused-ring (bicyclic) bond motifs is 2. The van der Waals surface area contributed by atoms with Crippen LogP contribution in [-0.4, -0.2) is 17.0 Å². The van der Waals surface area contributed by atoms with Gasteiger partial charge in [0.1, 0.15) is 0 Å². The second-order valence-corrected chi connectivity index (χ2v) is 5.54. The van der Waals surface area contributed by atoms with Gasteiger partial charge in [-0.25, -0.2) is 0 Å². The van der Waals surface area contributed by atoms with Gasteiger partial charge in [-0.05, 0) is 46.5 Å². The maximum Gasteiger partial charge on any atom is 0.307 e. The fourth-order valence-electron chi connectivity index (χ4n) is 2.68. The summed E-state index contributed by atoms with van der Waals surface area (Å²) in [6, 6.07) is 3.82. The highest BCUT2D eigenvalue weighted by atomic mass is 79.9. The molecule has 0 radical (unpaired) electrons. The molecule has 2 atom stereocenters. The van der Waals surface area contributed by atoms with Crippen LogP contribution < -0.4 is 5.32 Å². The summed E-state index contributed by atoms with van der Waals surface area (Å²) in [5.41, 5.74) is 1.74. The SMILES string of the molecule is Cc1cc(Br)c2c(c1)C1(CC1C(=O)O)C(=O)N2. The van der Waals surface area contributed by atoms with Gasteiger partial charge >= 0.3 is 5.97 Å². The second kappa shape index (κ2) is 3.10. The summed E-state index contributed by atoms with van der Waals surface area (Å²) < 4.78 is 0.814. The van der Waals surface area contributed by atoms with E-state index >= 15 is 0 Å². The Balaban J connectivity index is 2.19. The fraction of sp³-hybridized carbons (Fsp3) is 0.333. The lowest BCUT2D eigenvalue weighted by Crippen LogP contribution is -2.24. The maximum absolute atomic E-state index is 12.0. The Kier molecular flexibility index (Phi) is 1.96. The van der Waals surface area contributed by atoms with Gasteiger partial charge in [-0.1, -0.05) is 6.07 Å². The minimum Gasteiger partial charge on any atom is -0.481 e. The number of hydrogen-bond acceptors (Lipinski definition) is 2. The third kappa shape index (κ3) is 1.23. The standard InChI is InChI=1S/C12H10BrNO3/c1-5-2-6-9(8(13)3-5)14-11(17)12(6)4-7(12)10(15)16/h2-3,7H,4H2,1H3,(H,14,17)(H,15,16). The Hall–Kier alpha value is -1.36. The Morgan fingerprint density at radius 3 is 2.88 bits per heavy atom. The third-order valence-corrected chi connectivity index (χ3v) is 4.24. The molecule has 2 N–H and O–H groups in total. The number of nitrogens with one attached hydrogen (secondary N) is 1. The van der Waals surface area contributed by atoms with Crippen molar-refractivity contribution in [3.8, 4) is 0 Å². The minimum absolute atomic E-state index is 0.189. The van der Waals surface area contributed by atoms with E-state index in [0.717, 1.165) is 21.3 Å². The molecule has 0 bridgehead atoms. The summed E-state index contributed by atoms with van der Waals surface area (Å²) in [7, 11) is 0. The van der Waals surface area contributed by atoms with Gasteiger partial charge in [-0.15, -0.1) is 0 Å². The zero-order valence-electron chi connectivity index (χ0n) is 9.08. The van der Waals surface area contributed by atoms with Crippen molar-refractivity contribution in [3.63, 3.8) is 0 Å². The highest BCUT2D eigenvalue weighted by Gasteiger charge is 2.68. The molecule has 4 nitrogen and oxygen atoms in total. The van der Waals surface area contributed by atoms with Crippen LogP contribution in [-0.2, 0) is 15.0 Å². The first-order valence-electron chi connectivity index (χ1n) is 5.31. The fourth-order valence-corrected chi connectivity index (χ4v) is 3.35. The summed E-state index contributed by atoms with van der Waals surface area (Å²) in [5.74, 6) is -1.67. The van der Waals surface area contributed by atoms with Crippen LogP contribution in [0.4, 0.5) is 5.69 Å². The molecule has 1 aromatic rings. The number of rotatable bonds is 1. The molecular formula is C12H10BrNO3. The Morgan fingerprint density at radius 2 is 2.29 bits per heavy atom. The summed E-state index contributed by atoms with van der Waals surface area (Å²) in [6.45, 7) is 1.93. The first-order valence-corrected chi connectivity index (χ1v) is 6.11. The predicted molar refractivity (Wildman–Crippen MR) is 64.9 cm³/mol. The van der Waals surface area contributed by atoms with Crippen LogP contribution in [0, 0.1) is 12.8 Å². The molecule has 2 unspecified atom stereocenters. The lowest BCUT2D eigenvalue weighted by Gasteiger charge is -2.08. The first-order chi connectivity index (χ1) is 7.96. The minimum atomic E-state index is -0.898. The average Bonchev–Trinajstić information content (AvgIpc) is 2.91. The van der Waals surface area contributed by atoms with E-state index in [1.54, 1.807) is 0 Å². The van der Waals surface area contributed by atoms with Gasteiger partial charge in [0.25, 0.3) is 0 Å². The number of amides is 1. The number of aryl methyl sites for hydroxylation is 1. The van der Waals surface area contributed by atoms with Gasteiger partial charge in [0.05, 0.1) is 17.0 Å². The number of carboxylic acid groups (broad SMARTS) is 1. The van der Waals surface area contributed by atoms with Crippen LogP contribution in [0.25, 0.3) is 0 Å². The van der Waals surface area contributed by atoms with E-state index < -0.39 is 17.3 Å². The smallest absolute Gasteiger partial charge is 0.307 e. The van der Waals surface area contributed by atoms with Crippen LogP contribution in [0.5, 0.6) is 0 Å². The van der Waals surface area contributed by atoms with E-state index in [2.05, 4.69) is 21.2 Å². The van der Waals surface area contributed by atoms with E-state index in [4.69, 9.17) is 5.11 Å². The molecule has 2 aliphatic rings. The molecule has 88 valence electrons. The van der Waals surface area contributed by atoms with Crippen molar-refractivity contribution in [2.75, 3.05) is 5.32 Å². The summed E-state index contributed by atoms with van der Waals surface area (Å²) in [6.07, 6.45) is 0.400. The van der Waals surface area contributed by atoms with Crippen LogP contribution >= 0.6 is 15.9 Å². The lowest BCUT2D eigenvalue weighted by molar-refractivity contribution is -0.140. The summed E-state index contributed by atoms with van der Waals surface area (Å²) in [5, 5.41) is 11.9. The normalized spacial score (nSPS) is 29.1. The number of carbonyl (C=O) groups excluding carboxylic acids is 1. The van der Waals surface area contributed by atoms with E-state index in [1.807, 2.05) is 19.1 Å². The number of aliphatic carboxylic acids is 1. The molecule has 1 amide bonds. The van der Waals surface area contributed by atoms with E-state index in [0.29, 0.717) is 6.42 Å². The van der Waals surface area contributed by atoms with Crippen LogP contribution in [0.3, 0.4) is 0 Å². The molecule has 1 aliphatic heterocycles. The van der Waals surface area contributed by atoms with Gasteiger partial charge in [0, 0.05) is 4.47 Å². The lowest BCUT2D eigenvalue weighted by atomic mass is 9.93. The molecule has 17 heavy (non-hydrogen) atoms. The van der Waals surface area contributed by atoms with Crippen LogP contribution in [0.2, 0.25) is 0 Å². The molecule has 0 saturated heterocycles. The summed E-state index contributed by atoms with van der Waals surface area (Å²) >= 11 is 3.40. The van der Waals surface area contributed by atoms with Crippen molar-refractivity contribution in [1.82, 2.24) is 0 Å². The molecule has 3 rings (SSSR count). The average molecular weight is 296 g/mol. The van der Waals surface area contributed by atoms with Gasteiger partial charge in [0.15, 0.2) is 0 Å². The quantitative estimate of drug-likeness (QED) is 0.833. The van der Waals surface area contributed by atoms with Crippen molar-refractivity contribution >= 4 is 33.5 Å². The predicted octanol–water partition coefficient (Wildman–Crippen LogP) is 2.05. The van der Waals surface area contributed by atoms with E-state index in [-0.39, 0.29) is 5.91 Å². The van der Waals surface area contributed by atoms with Crippen LogP contribution in [0.1, 0.15) is 17.5 Å². The highest BCUT2D eigenvalue weighted by Crippen LogP contribution is 2.61. The van der Waals surface area contributed by atoms with Gasteiger partial charge in [0.2, 0.25) is 5.91 Å². The van der Waals surface area contributed by atoms with Gasteiger partial charge in [-0.3, -0.25) is 9.59 Å². The number of hydrogen-bond donors (Lipinski definition) is 2. The molecule has 1 spiro atoms. The first kappa shape index (κ1) is 10.8. The molecule has 1 fully saturated rings.